The largest absolute Gasteiger partial charge is 0.478 e. The lowest BCUT2D eigenvalue weighted by Crippen LogP contribution is -2.27. The molecule has 1 aliphatic rings. The van der Waals surface area contributed by atoms with E-state index in [1.807, 2.05) is 10.6 Å². The third-order valence-corrected chi connectivity index (χ3v) is 7.95. The molecule has 0 saturated carbocycles. The highest BCUT2D eigenvalue weighted by Crippen LogP contribution is 2.40. The van der Waals surface area contributed by atoms with Crippen LogP contribution in [0.25, 0.3) is 22.3 Å². The number of carboxylic acids is 1. The Morgan fingerprint density at radius 2 is 1.86 bits per heavy atom. The Morgan fingerprint density at radius 1 is 1.07 bits per heavy atom. The summed E-state index contributed by atoms with van der Waals surface area (Å²) in [5.74, 6) is -1.16. The molecule has 6 rings (SSSR count). The van der Waals surface area contributed by atoms with E-state index < -0.39 is 17.6 Å². The summed E-state index contributed by atoms with van der Waals surface area (Å²) in [7, 11) is 0. The number of halogens is 2. The van der Waals surface area contributed by atoms with Gasteiger partial charge in [-0.05, 0) is 48.0 Å². The van der Waals surface area contributed by atoms with Crippen molar-refractivity contribution in [3.05, 3.63) is 113 Å². The smallest absolute Gasteiger partial charge is 0.335 e. The van der Waals surface area contributed by atoms with Crippen LogP contribution in [-0.4, -0.2) is 38.8 Å². The molecular weight excluding hydrogens is 566 g/mol. The van der Waals surface area contributed by atoms with Gasteiger partial charge in [0.25, 0.3) is 0 Å². The van der Waals surface area contributed by atoms with Crippen LogP contribution in [0.2, 0.25) is 0 Å². The number of aromatic nitrogens is 3. The van der Waals surface area contributed by atoms with E-state index in [1.54, 1.807) is 42.5 Å². The molecule has 3 heterocycles. The van der Waals surface area contributed by atoms with E-state index in [9.17, 15) is 14.3 Å². The van der Waals surface area contributed by atoms with Gasteiger partial charge in [-0.2, -0.15) is 5.26 Å². The van der Waals surface area contributed by atoms with Crippen molar-refractivity contribution in [2.45, 2.75) is 32.9 Å². The lowest BCUT2D eigenvalue weighted by Gasteiger charge is -2.28. The number of imidazole rings is 1. The average molecular weight is 595 g/mol. The van der Waals surface area contributed by atoms with Crippen molar-refractivity contribution in [3.63, 3.8) is 0 Å². The first-order valence-corrected chi connectivity index (χ1v) is 14.0. The molecule has 44 heavy (non-hydrogen) atoms. The molecule has 1 N–H and O–H groups in total. The Hall–Kier alpha value is -5.14. The summed E-state index contributed by atoms with van der Waals surface area (Å²) in [5, 5.41) is 18.5. The van der Waals surface area contributed by atoms with Gasteiger partial charge in [-0.15, -0.1) is 0 Å². The van der Waals surface area contributed by atoms with Gasteiger partial charge in [-0.1, -0.05) is 38.1 Å². The SMILES string of the molecule is CC1(C)COC[C@H]1n1c(Cc2ccc(-c3cccc(OCc4ccc(C#N)cc4F)n3)cc2F)nc2ccc(C(=O)O)cc21. The number of nitriles is 1. The monoisotopic (exact) mass is 594 g/mol. The minimum absolute atomic E-state index is 0.0842. The summed E-state index contributed by atoms with van der Waals surface area (Å²) in [5.41, 5.74) is 3.14. The van der Waals surface area contributed by atoms with Crippen LogP contribution in [0.15, 0.2) is 72.8 Å². The van der Waals surface area contributed by atoms with Crippen LogP contribution < -0.4 is 4.74 Å². The number of carbonyl (C=O) groups is 1. The van der Waals surface area contributed by atoms with Crippen LogP contribution in [0, 0.1) is 28.4 Å². The summed E-state index contributed by atoms with van der Waals surface area (Å²) in [6.07, 6.45) is 0.183. The summed E-state index contributed by atoms with van der Waals surface area (Å²) in [6.45, 7) is 5.06. The summed E-state index contributed by atoms with van der Waals surface area (Å²) in [4.78, 5) is 21.0. The van der Waals surface area contributed by atoms with Crippen LogP contribution in [0.5, 0.6) is 5.88 Å². The van der Waals surface area contributed by atoms with Gasteiger partial charge in [-0.3, -0.25) is 0 Å². The summed E-state index contributed by atoms with van der Waals surface area (Å²) >= 11 is 0. The van der Waals surface area contributed by atoms with E-state index in [4.69, 9.17) is 19.7 Å². The third kappa shape index (κ3) is 5.62. The fourth-order valence-electron chi connectivity index (χ4n) is 5.49. The molecule has 2 aromatic heterocycles. The Labute approximate surface area is 252 Å². The van der Waals surface area contributed by atoms with Gasteiger partial charge in [0.1, 0.15) is 24.1 Å². The van der Waals surface area contributed by atoms with Crippen molar-refractivity contribution in [2.75, 3.05) is 13.2 Å². The lowest BCUT2D eigenvalue weighted by atomic mass is 9.87. The maximum absolute atomic E-state index is 15.6. The third-order valence-electron chi connectivity index (χ3n) is 7.95. The molecule has 1 atom stereocenters. The highest BCUT2D eigenvalue weighted by atomic mass is 19.1. The predicted molar refractivity (Wildman–Crippen MR) is 158 cm³/mol. The molecular formula is C34H28F2N4O4. The number of carboxylic acid groups (broad SMARTS) is 1. The zero-order chi connectivity index (χ0) is 31.0. The van der Waals surface area contributed by atoms with Gasteiger partial charge in [0, 0.05) is 29.0 Å². The van der Waals surface area contributed by atoms with Crippen LogP contribution in [-0.2, 0) is 17.8 Å². The lowest BCUT2D eigenvalue weighted by molar-refractivity contribution is 0.0697. The second kappa shape index (κ2) is 11.5. The average Bonchev–Trinajstić information content (AvgIpc) is 3.54. The number of aromatic carboxylic acids is 1. The highest BCUT2D eigenvalue weighted by molar-refractivity contribution is 5.92. The molecule has 0 amide bonds. The number of ether oxygens (including phenoxy) is 2. The van der Waals surface area contributed by atoms with Crippen molar-refractivity contribution < 1.29 is 28.2 Å². The number of fused-ring (bicyclic) bond motifs is 1. The van der Waals surface area contributed by atoms with Crippen LogP contribution in [0.1, 0.15) is 52.8 Å². The molecule has 0 radical (unpaired) electrons. The van der Waals surface area contributed by atoms with Crippen LogP contribution in [0.3, 0.4) is 0 Å². The zero-order valence-electron chi connectivity index (χ0n) is 24.1. The molecule has 5 aromatic rings. The first kappa shape index (κ1) is 29.0. The maximum atomic E-state index is 15.6. The minimum Gasteiger partial charge on any atom is -0.478 e. The molecule has 0 spiro atoms. The standard InChI is InChI=1S/C34H28F2N4O4/c1-34(2)19-43-18-30(34)40-29-14-23(33(41)42)10-11-28(29)38-31(40)15-21-8-9-22(13-26(21)36)27-4-3-5-32(39-27)44-17-24-7-6-20(16-37)12-25(24)35/h3-14,30H,15,17-19H2,1-2H3,(H,41,42)/t30-/m1/s1. The van der Waals surface area contributed by atoms with Crippen molar-refractivity contribution in [3.8, 4) is 23.2 Å². The number of hydrogen-bond acceptors (Lipinski definition) is 6. The van der Waals surface area contributed by atoms with Crippen LogP contribution in [0.4, 0.5) is 8.78 Å². The molecule has 10 heteroatoms. The van der Waals surface area contributed by atoms with Gasteiger partial charge < -0.3 is 19.1 Å². The normalized spacial score (nSPS) is 15.8. The molecule has 0 aliphatic carbocycles. The molecule has 8 nitrogen and oxygen atoms in total. The van der Waals surface area contributed by atoms with Gasteiger partial charge in [0.2, 0.25) is 5.88 Å². The van der Waals surface area contributed by atoms with Crippen molar-refractivity contribution in [2.24, 2.45) is 5.41 Å². The summed E-state index contributed by atoms with van der Waals surface area (Å²) in [6, 6.07) is 20.7. The van der Waals surface area contributed by atoms with Gasteiger partial charge in [-0.25, -0.2) is 23.5 Å². The second-order valence-corrected chi connectivity index (χ2v) is 11.5. The first-order chi connectivity index (χ1) is 21.1. The molecule has 1 aliphatic heterocycles. The Morgan fingerprint density at radius 3 is 2.57 bits per heavy atom. The first-order valence-electron chi connectivity index (χ1n) is 14.0. The van der Waals surface area contributed by atoms with E-state index >= 15 is 4.39 Å². The van der Waals surface area contributed by atoms with Gasteiger partial charge >= 0.3 is 5.97 Å². The van der Waals surface area contributed by atoms with E-state index in [2.05, 4.69) is 18.8 Å². The number of pyridine rings is 1. The van der Waals surface area contributed by atoms with Crippen molar-refractivity contribution >= 4 is 17.0 Å². The van der Waals surface area contributed by atoms with E-state index in [0.29, 0.717) is 46.9 Å². The Kier molecular flexibility index (Phi) is 7.57. The number of benzene rings is 3. The fourth-order valence-corrected chi connectivity index (χ4v) is 5.49. The fraction of sp³-hybridized carbons (Fsp3) is 0.235. The summed E-state index contributed by atoms with van der Waals surface area (Å²) < 4.78 is 43.4. The van der Waals surface area contributed by atoms with E-state index in [-0.39, 0.29) is 47.1 Å². The molecule has 1 fully saturated rings. The number of nitrogens with zero attached hydrogens (tertiary/aromatic N) is 4. The van der Waals surface area contributed by atoms with Crippen molar-refractivity contribution in [1.82, 2.24) is 14.5 Å². The topological polar surface area (TPSA) is 110 Å². The number of rotatable bonds is 8. The second-order valence-electron chi connectivity index (χ2n) is 11.5. The quantitative estimate of drug-likeness (QED) is 0.213. The van der Waals surface area contributed by atoms with Gasteiger partial charge in [0.15, 0.2) is 0 Å². The maximum Gasteiger partial charge on any atom is 0.335 e. The molecule has 1 saturated heterocycles. The number of hydrogen-bond donors (Lipinski definition) is 1. The zero-order valence-corrected chi connectivity index (χ0v) is 24.1. The minimum atomic E-state index is -1.03. The highest BCUT2D eigenvalue weighted by Gasteiger charge is 2.39. The van der Waals surface area contributed by atoms with E-state index in [0.717, 1.165) is 6.07 Å². The Bertz CT molecular complexity index is 1950. The molecule has 3 aromatic carbocycles. The van der Waals surface area contributed by atoms with Crippen molar-refractivity contribution in [1.29, 1.82) is 5.26 Å². The Balaban J connectivity index is 1.27. The predicted octanol–water partition coefficient (Wildman–Crippen LogP) is 6.71. The molecule has 0 unspecified atom stereocenters. The van der Waals surface area contributed by atoms with E-state index in [1.165, 1.54) is 24.3 Å². The molecule has 222 valence electrons. The van der Waals surface area contributed by atoms with Crippen LogP contribution >= 0.6 is 0 Å². The van der Waals surface area contributed by atoms with Gasteiger partial charge in [0.05, 0.1) is 53.2 Å². The molecule has 0 bridgehead atoms.